The SMILES string of the molecule is N#CSCCOC(=O)c1ccccc1. The van der Waals surface area contributed by atoms with Gasteiger partial charge in [-0.3, -0.25) is 0 Å². The number of esters is 1. The minimum Gasteiger partial charge on any atom is -0.461 e. The van der Waals surface area contributed by atoms with E-state index in [1.807, 2.05) is 11.5 Å². The fraction of sp³-hybridized carbons (Fsp3) is 0.200. The van der Waals surface area contributed by atoms with Crippen molar-refractivity contribution in [3.8, 4) is 5.40 Å². The number of rotatable bonds is 4. The summed E-state index contributed by atoms with van der Waals surface area (Å²) >= 11 is 1.07. The van der Waals surface area contributed by atoms with Crippen LogP contribution >= 0.6 is 11.8 Å². The summed E-state index contributed by atoms with van der Waals surface area (Å²) in [4.78, 5) is 11.3. The maximum atomic E-state index is 11.3. The first-order valence-corrected chi connectivity index (χ1v) is 5.06. The fourth-order valence-electron chi connectivity index (χ4n) is 0.879. The molecule has 0 aliphatic heterocycles. The number of thioether (sulfide) groups is 1. The Balaban J connectivity index is 2.33. The normalized spacial score (nSPS) is 9.07. The molecule has 1 aromatic carbocycles. The van der Waals surface area contributed by atoms with Crippen LogP contribution in [0.4, 0.5) is 0 Å². The quantitative estimate of drug-likeness (QED) is 0.431. The molecule has 1 rings (SSSR count). The molecular formula is C10H9NO2S. The molecule has 0 fully saturated rings. The van der Waals surface area contributed by atoms with Gasteiger partial charge in [-0.15, -0.1) is 0 Å². The van der Waals surface area contributed by atoms with Gasteiger partial charge in [-0.2, -0.15) is 5.26 Å². The number of hydrogen-bond acceptors (Lipinski definition) is 4. The number of hydrogen-bond donors (Lipinski definition) is 0. The van der Waals surface area contributed by atoms with E-state index < -0.39 is 0 Å². The second kappa shape index (κ2) is 6.06. The van der Waals surface area contributed by atoms with Gasteiger partial charge in [0.2, 0.25) is 0 Å². The Morgan fingerprint density at radius 2 is 2.14 bits per heavy atom. The first-order chi connectivity index (χ1) is 6.84. The summed E-state index contributed by atoms with van der Waals surface area (Å²) in [5, 5.41) is 10.1. The second-order valence-electron chi connectivity index (χ2n) is 2.44. The van der Waals surface area contributed by atoms with E-state index in [2.05, 4.69) is 0 Å². The van der Waals surface area contributed by atoms with E-state index in [1.54, 1.807) is 24.3 Å². The maximum absolute atomic E-state index is 11.3. The lowest BCUT2D eigenvalue weighted by Crippen LogP contribution is -2.07. The zero-order valence-corrected chi connectivity index (χ0v) is 8.29. The first-order valence-electron chi connectivity index (χ1n) is 4.07. The largest absolute Gasteiger partial charge is 0.461 e. The van der Waals surface area contributed by atoms with Gasteiger partial charge in [-0.25, -0.2) is 4.79 Å². The highest BCUT2D eigenvalue weighted by atomic mass is 32.2. The molecule has 14 heavy (non-hydrogen) atoms. The van der Waals surface area contributed by atoms with Crippen LogP contribution in [0.2, 0.25) is 0 Å². The minimum atomic E-state index is -0.343. The Bertz CT molecular complexity index is 332. The summed E-state index contributed by atoms with van der Waals surface area (Å²) in [7, 11) is 0. The van der Waals surface area contributed by atoms with Crippen molar-refractivity contribution in [2.75, 3.05) is 12.4 Å². The number of carbonyl (C=O) groups excluding carboxylic acids is 1. The molecule has 0 amide bonds. The summed E-state index contributed by atoms with van der Waals surface area (Å²) in [6.45, 7) is 0.270. The van der Waals surface area contributed by atoms with E-state index in [-0.39, 0.29) is 12.6 Å². The van der Waals surface area contributed by atoms with Gasteiger partial charge in [0.05, 0.1) is 5.56 Å². The Morgan fingerprint density at radius 3 is 2.79 bits per heavy atom. The number of thiocyanates is 1. The summed E-state index contributed by atoms with van der Waals surface area (Å²) in [5.74, 6) is 0.166. The van der Waals surface area contributed by atoms with Gasteiger partial charge in [-0.05, 0) is 23.9 Å². The molecule has 4 heteroatoms. The monoisotopic (exact) mass is 207 g/mol. The van der Waals surface area contributed by atoms with Crippen molar-refractivity contribution < 1.29 is 9.53 Å². The molecule has 0 atom stereocenters. The van der Waals surface area contributed by atoms with Crippen LogP contribution in [0.25, 0.3) is 0 Å². The molecule has 0 bridgehead atoms. The molecule has 3 nitrogen and oxygen atoms in total. The van der Waals surface area contributed by atoms with Crippen molar-refractivity contribution in [3.05, 3.63) is 35.9 Å². The van der Waals surface area contributed by atoms with Crippen LogP contribution in [0.1, 0.15) is 10.4 Å². The van der Waals surface area contributed by atoms with E-state index in [9.17, 15) is 4.79 Å². The van der Waals surface area contributed by atoms with Crippen LogP contribution in [-0.4, -0.2) is 18.3 Å². The average molecular weight is 207 g/mol. The van der Waals surface area contributed by atoms with Crippen molar-refractivity contribution in [2.24, 2.45) is 0 Å². The van der Waals surface area contributed by atoms with E-state index in [1.165, 1.54) is 0 Å². The molecule has 0 spiro atoms. The lowest BCUT2D eigenvalue weighted by Gasteiger charge is -2.01. The van der Waals surface area contributed by atoms with Gasteiger partial charge < -0.3 is 4.74 Å². The maximum Gasteiger partial charge on any atom is 0.338 e. The highest BCUT2D eigenvalue weighted by Gasteiger charge is 2.04. The van der Waals surface area contributed by atoms with Gasteiger partial charge >= 0.3 is 5.97 Å². The predicted molar refractivity (Wildman–Crippen MR) is 54.8 cm³/mol. The fourth-order valence-corrected chi connectivity index (χ4v) is 1.14. The van der Waals surface area contributed by atoms with Crippen LogP contribution in [-0.2, 0) is 4.74 Å². The van der Waals surface area contributed by atoms with Gasteiger partial charge in [-0.1, -0.05) is 18.2 Å². The van der Waals surface area contributed by atoms with Crippen molar-refractivity contribution in [3.63, 3.8) is 0 Å². The van der Waals surface area contributed by atoms with Crippen LogP contribution in [0.3, 0.4) is 0 Å². The topological polar surface area (TPSA) is 50.1 Å². The Labute approximate surface area is 86.7 Å². The number of ether oxygens (including phenoxy) is 1. The number of nitrogens with zero attached hydrogens (tertiary/aromatic N) is 1. The molecule has 72 valence electrons. The summed E-state index contributed by atoms with van der Waals surface area (Å²) in [6.07, 6.45) is 0. The van der Waals surface area contributed by atoms with E-state index in [0.717, 1.165) is 11.8 Å². The van der Waals surface area contributed by atoms with Crippen molar-refractivity contribution in [2.45, 2.75) is 0 Å². The Kier molecular flexibility index (Phi) is 4.59. The van der Waals surface area contributed by atoms with E-state index >= 15 is 0 Å². The second-order valence-corrected chi connectivity index (χ2v) is 3.32. The molecular weight excluding hydrogens is 198 g/mol. The third kappa shape index (κ3) is 3.50. The average Bonchev–Trinajstić information content (AvgIpc) is 2.25. The van der Waals surface area contributed by atoms with Gasteiger partial charge in [0.15, 0.2) is 0 Å². The number of nitriles is 1. The molecule has 0 radical (unpaired) electrons. The standard InChI is InChI=1S/C10H9NO2S/c11-8-14-7-6-13-10(12)9-4-2-1-3-5-9/h1-5H,6-7H2. The summed E-state index contributed by atoms with van der Waals surface area (Å²) < 4.78 is 4.92. The molecule has 0 aromatic heterocycles. The highest BCUT2D eigenvalue weighted by molar-refractivity contribution is 8.03. The number of carbonyl (C=O) groups is 1. The molecule has 0 saturated carbocycles. The van der Waals surface area contributed by atoms with E-state index in [4.69, 9.17) is 10.00 Å². The molecule has 0 aliphatic rings. The minimum absolute atomic E-state index is 0.270. The summed E-state index contributed by atoms with van der Waals surface area (Å²) in [6, 6.07) is 8.78. The molecule has 0 N–H and O–H groups in total. The van der Waals surface area contributed by atoms with Crippen molar-refractivity contribution in [1.82, 2.24) is 0 Å². The van der Waals surface area contributed by atoms with Crippen LogP contribution < -0.4 is 0 Å². The highest BCUT2D eigenvalue weighted by Crippen LogP contribution is 2.02. The van der Waals surface area contributed by atoms with Gasteiger partial charge in [0.25, 0.3) is 0 Å². The Morgan fingerprint density at radius 1 is 1.43 bits per heavy atom. The zero-order valence-electron chi connectivity index (χ0n) is 7.47. The van der Waals surface area contributed by atoms with Gasteiger partial charge in [0, 0.05) is 5.75 Å². The third-order valence-corrected chi connectivity index (χ3v) is 1.99. The molecule has 0 aliphatic carbocycles. The molecule has 0 saturated heterocycles. The van der Waals surface area contributed by atoms with E-state index in [0.29, 0.717) is 11.3 Å². The lowest BCUT2D eigenvalue weighted by molar-refractivity contribution is 0.0530. The first kappa shape index (κ1) is 10.6. The molecule has 0 heterocycles. The van der Waals surface area contributed by atoms with Gasteiger partial charge in [0.1, 0.15) is 12.0 Å². The molecule has 0 unspecified atom stereocenters. The van der Waals surface area contributed by atoms with Crippen LogP contribution in [0.15, 0.2) is 30.3 Å². The number of benzene rings is 1. The van der Waals surface area contributed by atoms with Crippen LogP contribution in [0, 0.1) is 10.7 Å². The Hall–Kier alpha value is -1.47. The zero-order chi connectivity index (χ0) is 10.2. The van der Waals surface area contributed by atoms with Crippen LogP contribution in [0.5, 0.6) is 0 Å². The predicted octanol–water partition coefficient (Wildman–Crippen LogP) is 2.06. The van der Waals surface area contributed by atoms with Crippen molar-refractivity contribution >= 4 is 17.7 Å². The summed E-state index contributed by atoms with van der Waals surface area (Å²) in [5.41, 5.74) is 0.537. The lowest BCUT2D eigenvalue weighted by atomic mass is 10.2. The third-order valence-electron chi connectivity index (χ3n) is 1.49. The molecule has 1 aromatic rings. The smallest absolute Gasteiger partial charge is 0.338 e. The van der Waals surface area contributed by atoms with Crippen molar-refractivity contribution in [1.29, 1.82) is 5.26 Å².